The number of carbonyl (C=O) groups is 1. The summed E-state index contributed by atoms with van der Waals surface area (Å²) in [5.41, 5.74) is 1.00. The molecule has 2 N–H and O–H groups in total. The van der Waals surface area contributed by atoms with Gasteiger partial charge in [-0.1, -0.05) is 12.1 Å². The Kier molecular flexibility index (Phi) is 6.21. The fourth-order valence-corrected chi connectivity index (χ4v) is 9.18. The average molecular weight is 557 g/mol. The highest BCUT2D eigenvalue weighted by Crippen LogP contribution is 2.70. The van der Waals surface area contributed by atoms with Gasteiger partial charge in [-0.15, -0.1) is 6.58 Å². The van der Waals surface area contributed by atoms with Crippen LogP contribution in [0.3, 0.4) is 0 Å². The fraction of sp³-hybridized carbons (Fsp3) is 0.710. The summed E-state index contributed by atoms with van der Waals surface area (Å²) >= 11 is 0. The number of hydrogen-bond acceptors (Lipinski definition) is 9. The van der Waals surface area contributed by atoms with Gasteiger partial charge in [0.15, 0.2) is 24.3 Å². The first-order chi connectivity index (χ1) is 19.2. The van der Waals surface area contributed by atoms with Crippen molar-refractivity contribution in [2.75, 3.05) is 20.3 Å². The number of carbonyl (C=O) groups excluding carboxylic acids is 1. The van der Waals surface area contributed by atoms with E-state index >= 15 is 0 Å². The number of rotatable bonds is 6. The molecule has 1 spiro atoms. The molecule has 11 atom stereocenters. The molecule has 2 saturated carbocycles. The van der Waals surface area contributed by atoms with Crippen molar-refractivity contribution in [1.82, 2.24) is 0 Å². The van der Waals surface area contributed by atoms with E-state index in [0.717, 1.165) is 37.0 Å². The quantitative estimate of drug-likeness (QED) is 0.403. The van der Waals surface area contributed by atoms with Crippen molar-refractivity contribution < 1.29 is 43.4 Å². The Labute approximate surface area is 234 Å². The maximum absolute atomic E-state index is 14.7. The molecule has 7 rings (SSSR count). The first-order valence-electron chi connectivity index (χ1n) is 14.6. The summed E-state index contributed by atoms with van der Waals surface area (Å²) in [6, 6.07) is 6.20. The molecule has 3 heterocycles. The Morgan fingerprint density at radius 1 is 1.25 bits per heavy atom. The first kappa shape index (κ1) is 26.9. The van der Waals surface area contributed by atoms with Gasteiger partial charge in [0.1, 0.15) is 23.4 Å². The smallest absolute Gasteiger partial charge is 0.315 e. The maximum atomic E-state index is 14.7. The Hall–Kier alpha value is -2.01. The van der Waals surface area contributed by atoms with Gasteiger partial charge in [-0.25, -0.2) is 0 Å². The van der Waals surface area contributed by atoms with Gasteiger partial charge in [-0.3, -0.25) is 4.79 Å². The highest BCUT2D eigenvalue weighted by molar-refractivity contribution is 5.80. The second-order valence-corrected chi connectivity index (χ2v) is 13.0. The van der Waals surface area contributed by atoms with Gasteiger partial charge in [0.05, 0.1) is 25.9 Å². The lowest BCUT2D eigenvalue weighted by Gasteiger charge is -2.53. The zero-order valence-electron chi connectivity index (χ0n) is 23.4. The largest absolute Gasteiger partial charge is 0.497 e. The number of methoxy groups -OCH3 is 1. The predicted octanol–water partition coefficient (Wildman–Crippen LogP) is 2.85. The number of fused-ring (bicyclic) bond motifs is 7. The topological polar surface area (TPSA) is 113 Å². The Bertz CT molecular complexity index is 1200. The molecule has 218 valence electrons. The molecule has 0 radical (unpaired) electrons. The van der Waals surface area contributed by atoms with Crippen molar-refractivity contribution in [2.24, 2.45) is 23.2 Å². The summed E-state index contributed by atoms with van der Waals surface area (Å²) in [4.78, 5) is 14.7. The molecular weight excluding hydrogens is 516 g/mol. The first-order valence-corrected chi connectivity index (χ1v) is 14.6. The highest BCUT2D eigenvalue weighted by Gasteiger charge is 2.72. The van der Waals surface area contributed by atoms with Gasteiger partial charge in [0, 0.05) is 11.8 Å². The van der Waals surface area contributed by atoms with Crippen LogP contribution in [0.5, 0.6) is 5.75 Å². The molecule has 0 amide bonds. The molecule has 2 bridgehead atoms. The monoisotopic (exact) mass is 556 g/mol. The van der Waals surface area contributed by atoms with E-state index in [9.17, 15) is 15.0 Å². The number of aliphatic hydroxyl groups is 2. The van der Waals surface area contributed by atoms with Crippen LogP contribution in [0.15, 0.2) is 30.9 Å². The summed E-state index contributed by atoms with van der Waals surface area (Å²) in [6.45, 7) is 7.39. The molecule has 3 aliphatic heterocycles. The molecule has 40 heavy (non-hydrogen) atoms. The number of esters is 1. The molecule has 0 unspecified atom stereocenters. The van der Waals surface area contributed by atoms with Crippen LogP contribution in [-0.4, -0.2) is 78.6 Å². The zero-order chi connectivity index (χ0) is 28.0. The average Bonchev–Trinajstić information content (AvgIpc) is 3.67. The minimum absolute atomic E-state index is 0.0976. The molecule has 3 saturated heterocycles. The second-order valence-electron chi connectivity index (χ2n) is 13.0. The molecule has 5 fully saturated rings. The Balaban J connectivity index is 1.30. The molecule has 6 aliphatic rings. The summed E-state index contributed by atoms with van der Waals surface area (Å²) < 4.78 is 36.7. The Morgan fingerprint density at radius 2 is 2.08 bits per heavy atom. The van der Waals surface area contributed by atoms with Crippen molar-refractivity contribution in [3.05, 3.63) is 42.0 Å². The lowest BCUT2D eigenvalue weighted by Crippen LogP contribution is -2.56. The number of aliphatic hydroxyl groups excluding tert-OH is 2. The van der Waals surface area contributed by atoms with Crippen LogP contribution in [0.25, 0.3) is 0 Å². The van der Waals surface area contributed by atoms with Crippen LogP contribution in [-0.2, 0) is 34.9 Å². The molecule has 1 aromatic carbocycles. The van der Waals surface area contributed by atoms with Crippen LogP contribution in [0.1, 0.15) is 56.6 Å². The summed E-state index contributed by atoms with van der Waals surface area (Å²) in [7, 11) is 1.66. The third-order valence-electron chi connectivity index (χ3n) is 10.7. The van der Waals surface area contributed by atoms with E-state index in [-0.39, 0.29) is 30.3 Å². The van der Waals surface area contributed by atoms with E-state index in [1.807, 2.05) is 12.1 Å². The van der Waals surface area contributed by atoms with Crippen LogP contribution in [0.2, 0.25) is 0 Å². The highest BCUT2D eigenvalue weighted by atomic mass is 16.8. The lowest BCUT2D eigenvalue weighted by molar-refractivity contribution is -0.233. The molecule has 1 aromatic rings. The number of ether oxygens (including phenoxy) is 6. The van der Waals surface area contributed by atoms with Gasteiger partial charge < -0.3 is 38.6 Å². The van der Waals surface area contributed by atoms with E-state index in [4.69, 9.17) is 28.4 Å². The molecule has 9 heteroatoms. The van der Waals surface area contributed by atoms with Crippen LogP contribution < -0.4 is 4.74 Å². The van der Waals surface area contributed by atoms with Crippen LogP contribution in [0, 0.1) is 23.2 Å². The van der Waals surface area contributed by atoms with E-state index < -0.39 is 54.1 Å². The third kappa shape index (κ3) is 3.64. The second kappa shape index (κ2) is 9.24. The number of benzene rings is 1. The molecular formula is C31H40O9. The van der Waals surface area contributed by atoms with Crippen molar-refractivity contribution >= 4 is 5.97 Å². The summed E-state index contributed by atoms with van der Waals surface area (Å²) in [5, 5.41) is 20.3. The van der Waals surface area contributed by atoms with E-state index in [1.165, 1.54) is 5.56 Å². The maximum Gasteiger partial charge on any atom is 0.315 e. The predicted molar refractivity (Wildman–Crippen MR) is 141 cm³/mol. The normalized spacial score (nSPS) is 44.7. The fourth-order valence-electron chi connectivity index (χ4n) is 9.18. The lowest BCUT2D eigenvalue weighted by atomic mass is 9.50. The van der Waals surface area contributed by atoms with Crippen LogP contribution in [0.4, 0.5) is 0 Å². The molecule has 0 aromatic heterocycles. The molecule has 9 nitrogen and oxygen atoms in total. The third-order valence-corrected chi connectivity index (χ3v) is 10.7. The van der Waals surface area contributed by atoms with Gasteiger partial charge >= 0.3 is 5.97 Å². The van der Waals surface area contributed by atoms with E-state index in [0.29, 0.717) is 12.3 Å². The van der Waals surface area contributed by atoms with Gasteiger partial charge in [-0.2, -0.15) is 0 Å². The van der Waals surface area contributed by atoms with Crippen molar-refractivity contribution in [2.45, 2.75) is 94.0 Å². The molecule has 3 aliphatic carbocycles. The minimum Gasteiger partial charge on any atom is -0.497 e. The standard InChI is InChI=1S/C31H40O9/c1-5-17-8-11-21-19-10-7-16-6-9-18(35-4)12-20(16)23(19)30(14-31(17,21)36-15-30)28(34)38-25-24(22(33)13-32)37-27-26(25)39-29(2,3)40-27/h5-6,9,12,17,19,21-27,32-33H,1,7-8,10-11,13-15H2,2-4H3/t17-,19-,21+,22+,23+,24+,25-,26+,27+,30-,31-/m0/s1. The zero-order valence-corrected chi connectivity index (χ0v) is 23.4. The SMILES string of the molecule is C=C[C@H]1CC[C@@H]2[C@@H]3CCc4ccc(OC)cc4[C@@H]3[C@@]3(C(=O)O[C@@H]4[C@H]5OC(C)(C)O[C@H]5O[C@@H]4[C@H](O)CO)CO[C@]21C3. The number of aryl methyl sites for hydroxylation is 1. The van der Waals surface area contributed by atoms with Crippen molar-refractivity contribution in [1.29, 1.82) is 0 Å². The van der Waals surface area contributed by atoms with Gasteiger partial charge in [0.2, 0.25) is 0 Å². The van der Waals surface area contributed by atoms with E-state index in [1.54, 1.807) is 21.0 Å². The van der Waals surface area contributed by atoms with Crippen molar-refractivity contribution in [3.63, 3.8) is 0 Å². The summed E-state index contributed by atoms with van der Waals surface area (Å²) in [6.07, 6.45) is 1.81. The van der Waals surface area contributed by atoms with E-state index in [2.05, 4.69) is 18.7 Å². The van der Waals surface area contributed by atoms with Crippen LogP contribution >= 0.6 is 0 Å². The van der Waals surface area contributed by atoms with Crippen molar-refractivity contribution in [3.8, 4) is 5.75 Å². The Morgan fingerprint density at radius 3 is 2.83 bits per heavy atom. The summed E-state index contributed by atoms with van der Waals surface area (Å²) in [5.74, 6) is 0.127. The number of hydrogen-bond donors (Lipinski definition) is 2. The minimum atomic E-state index is -1.26. The van der Waals surface area contributed by atoms with Gasteiger partial charge in [0.25, 0.3) is 0 Å². The van der Waals surface area contributed by atoms with Gasteiger partial charge in [-0.05, 0) is 81.0 Å².